The first-order valence-electron chi connectivity index (χ1n) is 10.9. The van der Waals surface area contributed by atoms with Gasteiger partial charge in [-0.25, -0.2) is 4.79 Å². The minimum atomic E-state index is -0.998. The van der Waals surface area contributed by atoms with Crippen LogP contribution in [-0.2, 0) is 9.53 Å². The largest absolute Gasteiger partial charge is 0.478 e. The quantitative estimate of drug-likeness (QED) is 0.222. The van der Waals surface area contributed by atoms with Crippen molar-refractivity contribution in [2.75, 3.05) is 26.4 Å². The van der Waals surface area contributed by atoms with E-state index in [-0.39, 0.29) is 32.0 Å². The number of aliphatic hydroxyl groups excluding tert-OH is 4. The Morgan fingerprint density at radius 1 is 0.906 bits per heavy atom. The lowest BCUT2D eigenvalue weighted by atomic mass is 10.1. The van der Waals surface area contributed by atoms with Gasteiger partial charge in [0.25, 0.3) is 0 Å². The van der Waals surface area contributed by atoms with E-state index < -0.39 is 11.8 Å². The number of hydrogen-bond acceptors (Lipinski definition) is 7. The SMILES string of the molecule is CCCCC(C)(OC=C(C)C(=O)O)Oc1ccccc1.CCO.CCO.CCO.CCO. The van der Waals surface area contributed by atoms with Crippen molar-refractivity contribution >= 4 is 5.97 Å². The van der Waals surface area contributed by atoms with E-state index in [0.29, 0.717) is 12.2 Å². The topological polar surface area (TPSA) is 137 Å². The first kappa shape index (κ1) is 37.2. The van der Waals surface area contributed by atoms with Crippen molar-refractivity contribution in [3.05, 3.63) is 42.2 Å². The lowest BCUT2D eigenvalue weighted by molar-refractivity contribution is -0.140. The van der Waals surface area contributed by atoms with Gasteiger partial charge in [-0.15, -0.1) is 0 Å². The zero-order valence-corrected chi connectivity index (χ0v) is 20.9. The van der Waals surface area contributed by atoms with Crippen molar-refractivity contribution in [1.29, 1.82) is 0 Å². The molecule has 190 valence electrons. The van der Waals surface area contributed by atoms with Crippen LogP contribution in [0.1, 0.15) is 67.7 Å². The Kier molecular flexibility index (Phi) is 33.6. The van der Waals surface area contributed by atoms with Crippen molar-refractivity contribution in [2.45, 2.75) is 73.5 Å². The average Bonchev–Trinajstić information content (AvgIpc) is 2.74. The van der Waals surface area contributed by atoms with Gasteiger partial charge >= 0.3 is 5.97 Å². The van der Waals surface area contributed by atoms with Crippen LogP contribution in [0.5, 0.6) is 5.75 Å². The molecule has 0 aliphatic heterocycles. The maximum absolute atomic E-state index is 10.8. The van der Waals surface area contributed by atoms with Gasteiger partial charge in [-0.1, -0.05) is 31.5 Å². The number of carboxylic acids is 1. The Hall–Kier alpha value is -2.13. The Balaban J connectivity index is -0.000000272. The van der Waals surface area contributed by atoms with Crippen molar-refractivity contribution in [3.8, 4) is 5.75 Å². The molecule has 0 saturated heterocycles. The third-order valence-corrected chi connectivity index (χ3v) is 2.88. The monoisotopic (exact) mass is 462 g/mol. The standard InChI is InChI=1S/C16H22O4.4C2H6O/c1-4-5-11-16(3,19-12-13(2)15(17)18)20-14-9-7-6-8-10-14;4*1-2-3/h6-10,12H,4-5,11H2,1-3H3,(H,17,18);4*3H,2H2,1H3. The van der Waals surface area contributed by atoms with Gasteiger partial charge in [-0.2, -0.15) is 0 Å². The van der Waals surface area contributed by atoms with E-state index in [1.165, 1.54) is 13.2 Å². The second-order valence-electron chi connectivity index (χ2n) is 6.14. The predicted octanol–water partition coefficient (Wildman–Crippen LogP) is 3.97. The highest BCUT2D eigenvalue weighted by molar-refractivity contribution is 5.85. The summed E-state index contributed by atoms with van der Waals surface area (Å²) in [5, 5.41) is 39.1. The zero-order chi connectivity index (χ0) is 25.8. The van der Waals surface area contributed by atoms with E-state index in [9.17, 15) is 4.79 Å². The Morgan fingerprint density at radius 3 is 1.66 bits per heavy atom. The summed E-state index contributed by atoms with van der Waals surface area (Å²) in [7, 11) is 0. The number of aliphatic carboxylic acids is 1. The normalized spacial score (nSPS) is 11.3. The Labute approximate surface area is 194 Å². The van der Waals surface area contributed by atoms with Crippen molar-refractivity contribution in [3.63, 3.8) is 0 Å². The fraction of sp³-hybridized carbons (Fsp3) is 0.625. The number of carbonyl (C=O) groups is 1. The second kappa shape index (κ2) is 28.9. The van der Waals surface area contributed by atoms with E-state index in [0.717, 1.165) is 12.8 Å². The number of benzene rings is 1. The summed E-state index contributed by atoms with van der Waals surface area (Å²) in [6, 6.07) is 9.37. The molecule has 0 aliphatic rings. The molecule has 0 fully saturated rings. The van der Waals surface area contributed by atoms with Crippen LogP contribution in [0.2, 0.25) is 0 Å². The number of aliphatic hydroxyl groups is 4. The number of hydrogen-bond donors (Lipinski definition) is 5. The molecule has 0 aliphatic carbocycles. The van der Waals surface area contributed by atoms with Gasteiger partial charge in [0.2, 0.25) is 5.79 Å². The van der Waals surface area contributed by atoms with Gasteiger partial charge in [0, 0.05) is 39.8 Å². The smallest absolute Gasteiger partial charge is 0.334 e. The van der Waals surface area contributed by atoms with E-state index in [4.69, 9.17) is 35.0 Å². The summed E-state index contributed by atoms with van der Waals surface area (Å²) in [5.74, 6) is -1.16. The molecule has 8 heteroatoms. The van der Waals surface area contributed by atoms with Crippen LogP contribution in [0.4, 0.5) is 0 Å². The highest BCUT2D eigenvalue weighted by Gasteiger charge is 2.27. The van der Waals surface area contributed by atoms with E-state index in [1.807, 2.05) is 37.3 Å². The van der Waals surface area contributed by atoms with Gasteiger partial charge in [0.1, 0.15) is 5.75 Å². The van der Waals surface area contributed by atoms with Crippen molar-refractivity contribution < 1.29 is 39.8 Å². The molecular weight excluding hydrogens is 416 g/mol. The molecule has 0 amide bonds. The van der Waals surface area contributed by atoms with Crippen LogP contribution < -0.4 is 4.74 Å². The molecule has 0 saturated carbocycles. The van der Waals surface area contributed by atoms with Crippen LogP contribution in [-0.4, -0.2) is 63.7 Å². The second-order valence-corrected chi connectivity index (χ2v) is 6.14. The molecule has 0 aromatic heterocycles. The van der Waals surface area contributed by atoms with Crippen LogP contribution in [0.15, 0.2) is 42.2 Å². The minimum absolute atomic E-state index is 0.143. The molecule has 8 nitrogen and oxygen atoms in total. The predicted molar refractivity (Wildman–Crippen MR) is 129 cm³/mol. The van der Waals surface area contributed by atoms with Crippen LogP contribution >= 0.6 is 0 Å². The van der Waals surface area contributed by atoms with Crippen LogP contribution in [0.3, 0.4) is 0 Å². The third kappa shape index (κ3) is 30.1. The molecule has 0 radical (unpaired) electrons. The Bertz CT molecular complexity index is 512. The summed E-state index contributed by atoms with van der Waals surface area (Å²) in [6.07, 6.45) is 3.88. The molecular formula is C24H46O8. The fourth-order valence-electron chi connectivity index (χ4n) is 1.63. The number of ether oxygens (including phenoxy) is 2. The van der Waals surface area contributed by atoms with Crippen molar-refractivity contribution in [1.82, 2.24) is 0 Å². The molecule has 0 bridgehead atoms. The highest BCUT2D eigenvalue weighted by atomic mass is 16.7. The maximum atomic E-state index is 10.8. The summed E-state index contributed by atoms with van der Waals surface area (Å²) in [6.45, 7) is 13.1. The van der Waals surface area contributed by atoms with Gasteiger partial charge in [-0.05, 0) is 53.2 Å². The molecule has 32 heavy (non-hydrogen) atoms. The molecule has 5 N–H and O–H groups in total. The molecule has 1 rings (SSSR count). The summed E-state index contributed by atoms with van der Waals surface area (Å²) in [4.78, 5) is 10.8. The molecule has 0 spiro atoms. The number of carboxylic acid groups (broad SMARTS) is 1. The average molecular weight is 463 g/mol. The lowest BCUT2D eigenvalue weighted by Crippen LogP contribution is -2.34. The lowest BCUT2D eigenvalue weighted by Gasteiger charge is -2.30. The van der Waals surface area contributed by atoms with Crippen molar-refractivity contribution in [2.24, 2.45) is 0 Å². The molecule has 1 atom stereocenters. The summed E-state index contributed by atoms with van der Waals surface area (Å²) in [5.41, 5.74) is 0.143. The maximum Gasteiger partial charge on any atom is 0.334 e. The highest BCUT2D eigenvalue weighted by Crippen LogP contribution is 2.25. The summed E-state index contributed by atoms with van der Waals surface area (Å²) >= 11 is 0. The first-order valence-corrected chi connectivity index (χ1v) is 10.9. The molecule has 0 heterocycles. The molecule has 1 aromatic carbocycles. The molecule has 1 aromatic rings. The van der Waals surface area contributed by atoms with Gasteiger partial charge < -0.3 is 35.0 Å². The zero-order valence-electron chi connectivity index (χ0n) is 20.9. The van der Waals surface area contributed by atoms with E-state index >= 15 is 0 Å². The first-order chi connectivity index (χ1) is 15.1. The number of unbranched alkanes of at least 4 members (excludes halogenated alkanes) is 1. The minimum Gasteiger partial charge on any atom is -0.478 e. The molecule has 1 unspecified atom stereocenters. The van der Waals surface area contributed by atoms with Gasteiger partial charge in [0.15, 0.2) is 0 Å². The number of para-hydroxylation sites is 1. The van der Waals surface area contributed by atoms with Crippen LogP contribution in [0, 0.1) is 0 Å². The number of rotatable bonds is 8. The third-order valence-electron chi connectivity index (χ3n) is 2.88. The van der Waals surface area contributed by atoms with Gasteiger partial charge in [-0.3, -0.25) is 0 Å². The fourth-order valence-corrected chi connectivity index (χ4v) is 1.63. The van der Waals surface area contributed by atoms with Gasteiger partial charge in [0.05, 0.1) is 11.8 Å². The van der Waals surface area contributed by atoms with Crippen LogP contribution in [0.25, 0.3) is 0 Å². The summed E-state index contributed by atoms with van der Waals surface area (Å²) < 4.78 is 11.5. The Morgan fingerprint density at radius 2 is 1.31 bits per heavy atom. The van der Waals surface area contributed by atoms with E-state index in [1.54, 1.807) is 27.7 Å². The van der Waals surface area contributed by atoms with E-state index in [2.05, 4.69) is 6.92 Å².